The van der Waals surface area contributed by atoms with Gasteiger partial charge in [0, 0.05) is 12.0 Å². The van der Waals surface area contributed by atoms with Gasteiger partial charge in [-0.3, -0.25) is 4.79 Å². The monoisotopic (exact) mass is 455 g/mol. The lowest BCUT2D eigenvalue weighted by atomic mass is 9.98. The van der Waals surface area contributed by atoms with Crippen LogP contribution in [0.5, 0.6) is 11.5 Å². The maximum Gasteiger partial charge on any atom is 0.311 e. The molecule has 1 N–H and O–H groups in total. The minimum absolute atomic E-state index is 0.135. The first kappa shape index (κ1) is 21.0. The van der Waals surface area contributed by atoms with Crippen LogP contribution in [0.15, 0.2) is 93.9 Å². The molecule has 6 nitrogen and oxygen atoms in total. The normalized spacial score (nSPS) is 19.1. The maximum atomic E-state index is 12.4. The number of amides is 1. The Morgan fingerprint density at radius 3 is 2.48 bits per heavy atom. The number of methoxy groups -OCH3 is 1. The minimum atomic E-state index is -0.302. The van der Waals surface area contributed by atoms with Crippen LogP contribution in [0.2, 0.25) is 0 Å². The van der Waals surface area contributed by atoms with E-state index in [1.807, 2.05) is 65.7 Å². The molecule has 7 heteroatoms. The summed E-state index contributed by atoms with van der Waals surface area (Å²) >= 11 is 1.04. The molecule has 2 heterocycles. The number of amidine groups is 1. The number of aromatic hydroxyl groups is 1. The SMILES string of the molecule is COc1ccc(C2CC(c3ccccc3)=NN2C2=NC(=O)S/C2=C\c2ccccc2O)cc1. The zero-order chi connectivity index (χ0) is 22.8. The van der Waals surface area contributed by atoms with Gasteiger partial charge in [-0.1, -0.05) is 60.7 Å². The van der Waals surface area contributed by atoms with Gasteiger partial charge < -0.3 is 9.84 Å². The van der Waals surface area contributed by atoms with Crippen LogP contribution in [0.1, 0.15) is 29.2 Å². The molecule has 3 aromatic rings. The molecule has 0 aromatic heterocycles. The van der Waals surface area contributed by atoms with Crippen molar-refractivity contribution < 1.29 is 14.6 Å². The fraction of sp³-hybridized carbons (Fsp3) is 0.115. The van der Waals surface area contributed by atoms with Crippen molar-refractivity contribution in [2.75, 3.05) is 7.11 Å². The minimum Gasteiger partial charge on any atom is -0.507 e. The Bertz CT molecular complexity index is 1280. The first-order valence-corrected chi connectivity index (χ1v) is 11.3. The number of hydrogen-bond acceptors (Lipinski definition) is 6. The zero-order valence-corrected chi connectivity index (χ0v) is 18.7. The highest BCUT2D eigenvalue weighted by molar-refractivity contribution is 8.18. The summed E-state index contributed by atoms with van der Waals surface area (Å²) < 4.78 is 5.31. The number of aliphatic imine (C=N–C) groups is 1. The molecule has 0 radical (unpaired) electrons. The summed E-state index contributed by atoms with van der Waals surface area (Å²) in [6, 6.07) is 24.7. The second-order valence-corrected chi connectivity index (χ2v) is 8.61. The average Bonchev–Trinajstić information content (AvgIpc) is 3.44. The number of ether oxygens (including phenoxy) is 1. The smallest absolute Gasteiger partial charge is 0.311 e. The number of carbonyl (C=O) groups is 1. The van der Waals surface area contributed by atoms with Gasteiger partial charge in [0.15, 0.2) is 5.84 Å². The van der Waals surface area contributed by atoms with E-state index in [9.17, 15) is 9.90 Å². The van der Waals surface area contributed by atoms with E-state index in [2.05, 4.69) is 4.99 Å². The summed E-state index contributed by atoms with van der Waals surface area (Å²) in [5.41, 5.74) is 3.61. The molecular formula is C26H21N3O3S. The molecule has 164 valence electrons. The van der Waals surface area contributed by atoms with Gasteiger partial charge >= 0.3 is 5.24 Å². The Kier molecular flexibility index (Phi) is 5.71. The Morgan fingerprint density at radius 1 is 1.03 bits per heavy atom. The highest BCUT2D eigenvalue weighted by Gasteiger charge is 2.37. The number of phenols is 1. The molecule has 33 heavy (non-hydrogen) atoms. The highest BCUT2D eigenvalue weighted by atomic mass is 32.2. The topological polar surface area (TPSA) is 74.5 Å². The van der Waals surface area contributed by atoms with E-state index in [-0.39, 0.29) is 17.0 Å². The van der Waals surface area contributed by atoms with Crippen molar-refractivity contribution in [2.24, 2.45) is 10.1 Å². The molecule has 0 spiro atoms. The summed E-state index contributed by atoms with van der Waals surface area (Å²) in [6.45, 7) is 0. The Morgan fingerprint density at radius 2 is 1.76 bits per heavy atom. The second kappa shape index (κ2) is 8.96. The predicted molar refractivity (Wildman–Crippen MR) is 132 cm³/mol. The van der Waals surface area contributed by atoms with Crippen LogP contribution in [-0.2, 0) is 0 Å². The fourth-order valence-corrected chi connectivity index (χ4v) is 4.65. The lowest BCUT2D eigenvalue weighted by Crippen LogP contribution is -2.26. The van der Waals surface area contributed by atoms with Gasteiger partial charge in [-0.05, 0) is 47.2 Å². The Balaban J connectivity index is 1.57. The molecule has 0 saturated carbocycles. The summed E-state index contributed by atoms with van der Waals surface area (Å²) in [5, 5.41) is 16.7. The quantitative estimate of drug-likeness (QED) is 0.533. The van der Waals surface area contributed by atoms with Crippen LogP contribution in [0, 0.1) is 0 Å². The molecule has 1 unspecified atom stereocenters. The van der Waals surface area contributed by atoms with Crippen molar-refractivity contribution in [3.8, 4) is 11.5 Å². The molecule has 2 aliphatic heterocycles. The number of benzene rings is 3. The van der Waals surface area contributed by atoms with E-state index in [4.69, 9.17) is 9.84 Å². The third-order valence-corrected chi connectivity index (χ3v) is 6.36. The van der Waals surface area contributed by atoms with E-state index < -0.39 is 0 Å². The number of para-hydroxylation sites is 1. The van der Waals surface area contributed by atoms with Gasteiger partial charge in [0.2, 0.25) is 0 Å². The van der Waals surface area contributed by atoms with E-state index in [0.29, 0.717) is 22.7 Å². The maximum absolute atomic E-state index is 12.4. The van der Waals surface area contributed by atoms with E-state index >= 15 is 0 Å². The van der Waals surface area contributed by atoms with Gasteiger partial charge in [-0.15, -0.1) is 0 Å². The van der Waals surface area contributed by atoms with Gasteiger partial charge in [0.25, 0.3) is 0 Å². The van der Waals surface area contributed by atoms with E-state index in [1.165, 1.54) is 0 Å². The van der Waals surface area contributed by atoms with E-state index in [0.717, 1.165) is 34.3 Å². The lowest BCUT2D eigenvalue weighted by Gasteiger charge is -2.24. The predicted octanol–water partition coefficient (Wildman–Crippen LogP) is 5.86. The van der Waals surface area contributed by atoms with Crippen molar-refractivity contribution in [2.45, 2.75) is 12.5 Å². The molecular weight excluding hydrogens is 434 g/mol. The first-order chi connectivity index (χ1) is 16.1. The van der Waals surface area contributed by atoms with Gasteiger partial charge in [0.1, 0.15) is 11.5 Å². The fourth-order valence-electron chi connectivity index (χ4n) is 3.91. The van der Waals surface area contributed by atoms with Crippen LogP contribution in [-0.4, -0.2) is 34.0 Å². The molecule has 3 aromatic carbocycles. The second-order valence-electron chi connectivity index (χ2n) is 7.62. The lowest BCUT2D eigenvalue weighted by molar-refractivity contribution is 0.267. The van der Waals surface area contributed by atoms with Crippen molar-refractivity contribution in [3.63, 3.8) is 0 Å². The molecule has 1 atom stereocenters. The number of nitrogens with zero attached hydrogens (tertiary/aromatic N) is 3. The standard InChI is InChI=1S/C26H21N3O3S/c1-32-20-13-11-18(12-14-20)22-16-21(17-7-3-2-4-8-17)28-29(22)25-24(33-26(31)27-25)15-19-9-5-6-10-23(19)30/h2-15,22,30H,16H2,1H3/b24-15-. The third kappa shape index (κ3) is 4.27. The Hall–Kier alpha value is -3.84. The molecule has 0 saturated heterocycles. The zero-order valence-electron chi connectivity index (χ0n) is 17.9. The van der Waals surface area contributed by atoms with Crippen molar-refractivity contribution >= 4 is 34.6 Å². The molecule has 0 fully saturated rings. The largest absolute Gasteiger partial charge is 0.507 e. The van der Waals surface area contributed by atoms with Crippen LogP contribution in [0.4, 0.5) is 4.79 Å². The number of carbonyl (C=O) groups excluding carboxylic acids is 1. The summed E-state index contributed by atoms with van der Waals surface area (Å²) in [4.78, 5) is 17.3. The summed E-state index contributed by atoms with van der Waals surface area (Å²) in [5.74, 6) is 1.41. The van der Waals surface area contributed by atoms with Crippen LogP contribution >= 0.6 is 11.8 Å². The number of hydrazone groups is 1. The van der Waals surface area contributed by atoms with E-state index in [1.54, 1.807) is 31.4 Å². The number of hydrogen-bond donors (Lipinski definition) is 1. The van der Waals surface area contributed by atoms with Crippen LogP contribution in [0.25, 0.3) is 6.08 Å². The van der Waals surface area contributed by atoms with Crippen molar-refractivity contribution in [3.05, 3.63) is 100 Å². The van der Waals surface area contributed by atoms with Gasteiger partial charge in [-0.2, -0.15) is 10.1 Å². The third-order valence-electron chi connectivity index (χ3n) is 5.57. The average molecular weight is 456 g/mol. The first-order valence-electron chi connectivity index (χ1n) is 10.5. The van der Waals surface area contributed by atoms with Crippen molar-refractivity contribution in [1.82, 2.24) is 5.01 Å². The number of rotatable bonds is 4. The number of thioether (sulfide) groups is 1. The molecule has 2 aliphatic rings. The Labute approximate surface area is 195 Å². The molecule has 5 rings (SSSR count). The van der Waals surface area contributed by atoms with Crippen molar-refractivity contribution in [1.29, 1.82) is 0 Å². The highest BCUT2D eigenvalue weighted by Crippen LogP contribution is 2.40. The van der Waals surface area contributed by atoms with Gasteiger partial charge in [0.05, 0.1) is 23.8 Å². The number of phenolic OH excluding ortho intramolecular Hbond substituents is 1. The summed E-state index contributed by atoms with van der Waals surface area (Å²) in [7, 11) is 1.64. The van der Waals surface area contributed by atoms with Gasteiger partial charge in [-0.25, -0.2) is 5.01 Å². The molecule has 1 amide bonds. The van der Waals surface area contributed by atoms with Crippen LogP contribution < -0.4 is 4.74 Å². The summed E-state index contributed by atoms with van der Waals surface area (Å²) in [6.07, 6.45) is 2.45. The molecule has 0 aliphatic carbocycles. The van der Waals surface area contributed by atoms with Crippen LogP contribution in [0.3, 0.4) is 0 Å². The molecule has 0 bridgehead atoms.